The van der Waals surface area contributed by atoms with Gasteiger partial charge in [0.25, 0.3) is 0 Å². The predicted octanol–water partition coefficient (Wildman–Crippen LogP) is -2.92. The summed E-state index contributed by atoms with van der Waals surface area (Å²) in [6, 6.07) is 0. The quantitative estimate of drug-likeness (QED) is 0.510. The van der Waals surface area contributed by atoms with Gasteiger partial charge in [-0.2, -0.15) is 0 Å². The zero-order valence-corrected chi connectivity index (χ0v) is 11.5. The van der Waals surface area contributed by atoms with Crippen LogP contribution in [0.4, 0.5) is 4.39 Å². The fourth-order valence-electron chi connectivity index (χ4n) is 1.90. The molecule has 2 heterocycles. The van der Waals surface area contributed by atoms with Crippen LogP contribution in [0.5, 0.6) is 0 Å². The van der Waals surface area contributed by atoms with E-state index in [0.29, 0.717) is 0 Å². The van der Waals surface area contributed by atoms with E-state index in [2.05, 4.69) is 21.0 Å². The van der Waals surface area contributed by atoms with E-state index in [4.69, 9.17) is 15.6 Å². The Labute approximate surface area is 116 Å². The van der Waals surface area contributed by atoms with E-state index < -0.39 is 36.8 Å². The number of nitrogens with two attached hydrogens (primary N) is 1. The molecule has 1 radical (unpaired) electrons. The van der Waals surface area contributed by atoms with E-state index in [0.717, 1.165) is 0 Å². The average Bonchev–Trinajstić information content (AvgIpc) is 2.67. The van der Waals surface area contributed by atoms with Crippen molar-refractivity contribution in [1.29, 1.82) is 0 Å². The minimum absolute atomic E-state index is 0.0399. The van der Waals surface area contributed by atoms with E-state index in [1.807, 2.05) is 0 Å². The van der Waals surface area contributed by atoms with Gasteiger partial charge in [-0.05, 0) is 0 Å². The van der Waals surface area contributed by atoms with Crippen molar-refractivity contribution in [2.45, 2.75) is 31.2 Å². The number of alkyl halides is 1. The third kappa shape index (κ3) is 2.58. The molecule has 0 bridgehead atoms. The van der Waals surface area contributed by atoms with Gasteiger partial charge in [0.05, 0.1) is 0 Å². The molecule has 1 fully saturated rings. The number of nitrogens with zero attached hydrogens (tertiary/aromatic N) is 2. The number of aromatic nitrogens is 2. The topological polar surface area (TPSA) is 111 Å². The van der Waals surface area contributed by atoms with Crippen molar-refractivity contribution in [1.82, 2.24) is 9.55 Å². The van der Waals surface area contributed by atoms with Crippen LogP contribution in [0.2, 0.25) is 0 Å². The van der Waals surface area contributed by atoms with Gasteiger partial charge in [-0.3, -0.25) is 0 Å². The summed E-state index contributed by atoms with van der Waals surface area (Å²) < 4.78 is 20.6. The molecule has 0 amide bonds. The molecule has 2 rings (SSSR count). The molecule has 19 heavy (non-hydrogen) atoms. The van der Waals surface area contributed by atoms with Gasteiger partial charge in [-0.15, -0.1) is 0 Å². The first kappa shape index (κ1) is 14.6. The summed E-state index contributed by atoms with van der Waals surface area (Å²) >= 11 is 2.53. The molecule has 1 aromatic rings. The molecule has 0 aliphatic carbocycles. The maximum absolute atomic E-state index is 14.0. The van der Waals surface area contributed by atoms with Gasteiger partial charge < -0.3 is 0 Å². The second-order valence-corrected chi connectivity index (χ2v) is 4.91. The molecule has 7 nitrogen and oxygen atoms in total. The van der Waals surface area contributed by atoms with Crippen LogP contribution in [0.1, 0.15) is 11.8 Å². The van der Waals surface area contributed by atoms with Crippen LogP contribution >= 0.6 is 0 Å². The molecule has 9 heteroatoms. The maximum atomic E-state index is 14.0. The molecule has 105 valence electrons. The van der Waals surface area contributed by atoms with Crippen molar-refractivity contribution in [3.63, 3.8) is 0 Å². The molecular formula is C10H13FN3O4Se. The fraction of sp³-hybridized carbons (Fsp3) is 0.600. The summed E-state index contributed by atoms with van der Waals surface area (Å²) in [5, 5.41) is 18.5. The fourth-order valence-corrected chi connectivity index (χ4v) is 2.40. The third-order valence-corrected chi connectivity index (χ3v) is 3.59. The van der Waals surface area contributed by atoms with Crippen LogP contribution < -0.4 is 16.0 Å². The molecule has 0 spiro atoms. The number of aliphatic hydroxyl groups is 2. The Hall–Kier alpha value is -0.831. The Morgan fingerprint density at radius 1 is 1.63 bits per heavy atom. The van der Waals surface area contributed by atoms with Crippen molar-refractivity contribution in [2.24, 2.45) is 5.73 Å². The zero-order chi connectivity index (χ0) is 14.2. The molecule has 0 saturated carbocycles. The number of halogens is 1. The molecule has 4 N–H and O–H groups in total. The Morgan fingerprint density at radius 3 is 2.84 bits per heavy atom. The van der Waals surface area contributed by atoms with Crippen LogP contribution in [0.3, 0.4) is 0 Å². The third-order valence-electron chi connectivity index (χ3n) is 2.96. The minimum atomic E-state index is -1.74. The molecule has 1 aliphatic heterocycles. The van der Waals surface area contributed by atoms with Crippen molar-refractivity contribution >= 4 is 20.7 Å². The zero-order valence-electron chi connectivity index (χ0n) is 9.77. The van der Waals surface area contributed by atoms with E-state index in [9.17, 15) is 14.3 Å². The van der Waals surface area contributed by atoms with Crippen LogP contribution in [0.15, 0.2) is 11.0 Å². The van der Waals surface area contributed by atoms with Gasteiger partial charge in [0, 0.05) is 0 Å². The number of rotatable bonds is 3. The monoisotopic (exact) mass is 338 g/mol. The number of aliphatic hydroxyl groups excluding tert-OH is 2. The average molecular weight is 337 g/mol. The van der Waals surface area contributed by atoms with Crippen molar-refractivity contribution in [3.05, 3.63) is 22.1 Å². The Morgan fingerprint density at radius 2 is 2.32 bits per heavy atom. The van der Waals surface area contributed by atoms with Crippen molar-refractivity contribution < 1.29 is 19.3 Å². The van der Waals surface area contributed by atoms with Gasteiger partial charge in [0.1, 0.15) is 0 Å². The standard InChI is InChI=1S/C10H13FN3O4Se/c11-6-7(16)5(3-15)18-9(6)14-2-4(1-12)8(17)13-10(14)19/h2,5-7,9,15-16H,1,3,12H2/t5-,6+,7?,9-/m1/s1. The second-order valence-electron chi connectivity index (χ2n) is 4.15. The van der Waals surface area contributed by atoms with Crippen LogP contribution in [0.25, 0.3) is 0 Å². The van der Waals surface area contributed by atoms with Gasteiger partial charge in [-0.25, -0.2) is 0 Å². The van der Waals surface area contributed by atoms with Crippen LogP contribution in [-0.2, 0) is 11.3 Å². The first-order valence-corrected chi connectivity index (χ1v) is 6.42. The van der Waals surface area contributed by atoms with E-state index in [1.54, 1.807) is 0 Å². The Balaban J connectivity index is 2.40. The molecule has 1 aliphatic rings. The van der Waals surface area contributed by atoms with Gasteiger partial charge in [-0.1, -0.05) is 0 Å². The second kappa shape index (κ2) is 5.66. The SMILES string of the molecule is NCc1cn([C@@H]2O[C@H](CO)C(O)[C@@H]2F)c([Se])nc1=O. The van der Waals surface area contributed by atoms with Gasteiger partial charge in [0.15, 0.2) is 0 Å². The molecule has 4 atom stereocenters. The van der Waals surface area contributed by atoms with Crippen molar-refractivity contribution in [2.75, 3.05) is 6.61 Å². The van der Waals surface area contributed by atoms with Gasteiger partial charge >= 0.3 is 115 Å². The Kier molecular flexibility index (Phi) is 4.34. The molecule has 1 unspecified atom stereocenters. The summed E-state index contributed by atoms with van der Waals surface area (Å²) in [6.07, 6.45) is -4.01. The summed E-state index contributed by atoms with van der Waals surface area (Å²) in [5.74, 6) is 0. The first-order chi connectivity index (χ1) is 8.99. The summed E-state index contributed by atoms with van der Waals surface area (Å²) in [5.41, 5.74) is 5.10. The van der Waals surface area contributed by atoms with E-state index in [1.165, 1.54) is 10.8 Å². The molecule has 1 saturated heterocycles. The summed E-state index contributed by atoms with van der Waals surface area (Å²) in [7, 11) is 0. The van der Waals surface area contributed by atoms with E-state index >= 15 is 0 Å². The molecular weight excluding hydrogens is 324 g/mol. The normalized spacial score (nSPS) is 30.7. The number of hydrogen-bond donors (Lipinski definition) is 3. The first-order valence-electron chi connectivity index (χ1n) is 5.57. The predicted molar refractivity (Wildman–Crippen MR) is 63.7 cm³/mol. The molecule has 1 aromatic heterocycles. The van der Waals surface area contributed by atoms with Crippen LogP contribution in [0, 0.1) is 0 Å². The van der Waals surface area contributed by atoms with Crippen LogP contribution in [-0.4, -0.2) is 60.8 Å². The van der Waals surface area contributed by atoms with Crippen molar-refractivity contribution in [3.8, 4) is 0 Å². The summed E-state index contributed by atoms with van der Waals surface area (Å²) in [4.78, 5) is 15.1. The Bertz CT molecular complexity index is 526. The van der Waals surface area contributed by atoms with Gasteiger partial charge in [0.2, 0.25) is 0 Å². The number of ether oxygens (including phenoxy) is 1. The molecule has 0 aromatic carbocycles. The van der Waals surface area contributed by atoms with E-state index in [-0.39, 0.29) is 16.8 Å². The summed E-state index contributed by atoms with van der Waals surface area (Å²) in [6.45, 7) is -0.542. The number of hydrogen-bond acceptors (Lipinski definition) is 6.